The van der Waals surface area contributed by atoms with Gasteiger partial charge in [-0.15, -0.1) is 12.4 Å². The van der Waals surface area contributed by atoms with Crippen LogP contribution in [0.15, 0.2) is 30.3 Å². The second-order valence-electron chi connectivity index (χ2n) is 7.09. The number of hydrogen-bond donors (Lipinski definition) is 4. The smallest absolute Gasteiger partial charge is 0.315 e. The third-order valence-corrected chi connectivity index (χ3v) is 5.21. The van der Waals surface area contributed by atoms with Crippen molar-refractivity contribution < 1.29 is 9.59 Å². The largest absolute Gasteiger partial charge is 0.352 e. The van der Waals surface area contributed by atoms with Gasteiger partial charge in [-0.1, -0.05) is 43.2 Å². The lowest BCUT2D eigenvalue weighted by Crippen LogP contribution is -2.60. The van der Waals surface area contributed by atoms with E-state index in [2.05, 4.69) is 21.3 Å². The van der Waals surface area contributed by atoms with Crippen LogP contribution < -0.4 is 21.3 Å². The Hall–Kier alpha value is -1.79. The molecule has 3 amide bonds. The van der Waals surface area contributed by atoms with E-state index in [4.69, 9.17) is 0 Å². The molecule has 4 N–H and O–H groups in total. The number of benzene rings is 1. The van der Waals surface area contributed by atoms with Gasteiger partial charge in [0.25, 0.3) is 0 Å². The van der Waals surface area contributed by atoms with E-state index in [0.717, 1.165) is 37.8 Å². The zero-order valence-corrected chi connectivity index (χ0v) is 15.9. The third kappa shape index (κ3) is 5.35. The van der Waals surface area contributed by atoms with Gasteiger partial charge in [0.1, 0.15) is 5.54 Å². The van der Waals surface area contributed by atoms with Crippen LogP contribution in [0, 0.1) is 0 Å². The van der Waals surface area contributed by atoms with Crippen molar-refractivity contribution in [1.82, 2.24) is 21.3 Å². The van der Waals surface area contributed by atoms with E-state index in [-0.39, 0.29) is 24.3 Å². The zero-order chi connectivity index (χ0) is 17.5. The maximum absolute atomic E-state index is 12.8. The van der Waals surface area contributed by atoms with Crippen molar-refractivity contribution in [2.75, 3.05) is 13.1 Å². The van der Waals surface area contributed by atoms with Crippen LogP contribution >= 0.6 is 12.4 Å². The first-order valence-corrected chi connectivity index (χ1v) is 9.30. The minimum absolute atomic E-state index is 0. The summed E-state index contributed by atoms with van der Waals surface area (Å²) in [7, 11) is 0. The zero-order valence-electron chi connectivity index (χ0n) is 15.1. The minimum atomic E-state index is -0.765. The summed E-state index contributed by atoms with van der Waals surface area (Å²) in [5, 5.41) is 12.2. The summed E-state index contributed by atoms with van der Waals surface area (Å²) in [4.78, 5) is 25.1. The molecular formula is C19H29ClN4O2. The molecule has 1 aromatic rings. The first-order chi connectivity index (χ1) is 12.2. The molecule has 1 aliphatic carbocycles. The maximum atomic E-state index is 12.8. The van der Waals surface area contributed by atoms with Crippen molar-refractivity contribution in [1.29, 1.82) is 0 Å². The number of halogens is 1. The Morgan fingerprint density at radius 1 is 1.08 bits per heavy atom. The average molecular weight is 381 g/mol. The van der Waals surface area contributed by atoms with E-state index < -0.39 is 5.54 Å². The molecule has 1 unspecified atom stereocenters. The van der Waals surface area contributed by atoms with Crippen molar-refractivity contribution in [3.8, 4) is 0 Å². The normalized spacial score (nSPS) is 20.8. The van der Waals surface area contributed by atoms with Crippen molar-refractivity contribution in [2.45, 2.75) is 56.7 Å². The molecule has 0 bridgehead atoms. The number of carbonyl (C=O) groups is 2. The predicted octanol–water partition coefficient (Wildman–Crippen LogP) is 2.09. The Labute approximate surface area is 161 Å². The Bertz CT molecular complexity index is 584. The lowest BCUT2D eigenvalue weighted by atomic mass is 9.96. The lowest BCUT2D eigenvalue weighted by Gasteiger charge is -2.29. The van der Waals surface area contributed by atoms with Gasteiger partial charge >= 0.3 is 6.03 Å². The molecule has 1 heterocycles. The summed E-state index contributed by atoms with van der Waals surface area (Å²) < 4.78 is 0. The van der Waals surface area contributed by atoms with E-state index in [1.54, 1.807) is 0 Å². The second kappa shape index (κ2) is 9.78. The van der Waals surface area contributed by atoms with Gasteiger partial charge in [0, 0.05) is 19.1 Å². The minimum Gasteiger partial charge on any atom is -0.352 e. The van der Waals surface area contributed by atoms with Gasteiger partial charge in [0.05, 0.1) is 0 Å². The highest BCUT2D eigenvalue weighted by Crippen LogP contribution is 2.30. The topological polar surface area (TPSA) is 82.3 Å². The highest BCUT2D eigenvalue weighted by molar-refractivity contribution is 5.91. The molecule has 6 nitrogen and oxygen atoms in total. The van der Waals surface area contributed by atoms with Gasteiger partial charge in [0.2, 0.25) is 5.91 Å². The van der Waals surface area contributed by atoms with Crippen LogP contribution in [0.25, 0.3) is 0 Å². The fraction of sp³-hybridized carbons (Fsp3) is 0.579. The highest BCUT2D eigenvalue weighted by atomic mass is 35.5. The monoisotopic (exact) mass is 380 g/mol. The number of amides is 3. The Balaban J connectivity index is 0.00000243. The average Bonchev–Trinajstić information content (AvgIpc) is 3.31. The lowest BCUT2D eigenvalue weighted by molar-refractivity contribution is -0.127. The van der Waals surface area contributed by atoms with Crippen LogP contribution in [0.3, 0.4) is 0 Å². The molecule has 2 fully saturated rings. The third-order valence-electron chi connectivity index (χ3n) is 5.21. The molecule has 1 aliphatic heterocycles. The number of carbonyl (C=O) groups excluding carboxylic acids is 2. The number of urea groups is 1. The molecule has 1 saturated carbocycles. The predicted molar refractivity (Wildman–Crippen MR) is 104 cm³/mol. The highest BCUT2D eigenvalue weighted by Gasteiger charge is 2.42. The van der Waals surface area contributed by atoms with Gasteiger partial charge in [-0.2, -0.15) is 0 Å². The number of nitrogens with one attached hydrogen (secondary N) is 4. The van der Waals surface area contributed by atoms with Crippen LogP contribution in [-0.2, 0) is 11.3 Å². The SMILES string of the molecule is Cl.O=C(NCc1ccccc1)NC1(C(=O)NCC2CCCN2)CCCC1. The molecule has 3 rings (SSSR count). The van der Waals surface area contributed by atoms with Crippen LogP contribution in [0.4, 0.5) is 4.79 Å². The molecule has 26 heavy (non-hydrogen) atoms. The molecule has 1 saturated heterocycles. The van der Waals surface area contributed by atoms with Crippen molar-refractivity contribution in [2.24, 2.45) is 0 Å². The van der Waals surface area contributed by atoms with Crippen LogP contribution in [0.5, 0.6) is 0 Å². The quantitative estimate of drug-likeness (QED) is 0.610. The number of hydrogen-bond acceptors (Lipinski definition) is 3. The molecule has 0 radical (unpaired) electrons. The summed E-state index contributed by atoms with van der Waals surface area (Å²) in [6.45, 7) is 2.11. The summed E-state index contributed by atoms with van der Waals surface area (Å²) in [6, 6.07) is 9.84. The first-order valence-electron chi connectivity index (χ1n) is 9.30. The molecular weight excluding hydrogens is 352 g/mol. The molecule has 0 aromatic heterocycles. The number of rotatable bonds is 6. The summed E-state index contributed by atoms with van der Waals surface area (Å²) in [5.74, 6) is -0.0476. The van der Waals surface area contributed by atoms with E-state index >= 15 is 0 Å². The van der Waals surface area contributed by atoms with Crippen molar-refractivity contribution in [3.05, 3.63) is 35.9 Å². The molecule has 2 aliphatic rings. The molecule has 0 spiro atoms. The Morgan fingerprint density at radius 3 is 2.46 bits per heavy atom. The van der Waals surface area contributed by atoms with Gasteiger partial charge in [-0.05, 0) is 37.8 Å². The summed E-state index contributed by atoms with van der Waals surface area (Å²) >= 11 is 0. The summed E-state index contributed by atoms with van der Waals surface area (Å²) in [5.41, 5.74) is 0.272. The summed E-state index contributed by atoms with van der Waals surface area (Å²) in [6.07, 6.45) is 5.59. The van der Waals surface area contributed by atoms with E-state index in [1.165, 1.54) is 0 Å². The molecule has 1 atom stereocenters. The van der Waals surface area contributed by atoms with Gasteiger partial charge in [-0.3, -0.25) is 4.79 Å². The second-order valence-corrected chi connectivity index (χ2v) is 7.09. The van der Waals surface area contributed by atoms with Crippen LogP contribution in [0.1, 0.15) is 44.1 Å². The molecule has 1 aromatic carbocycles. The van der Waals surface area contributed by atoms with Gasteiger partial charge in [-0.25, -0.2) is 4.79 Å². The van der Waals surface area contributed by atoms with E-state index in [0.29, 0.717) is 32.0 Å². The van der Waals surface area contributed by atoms with Gasteiger partial charge in [0.15, 0.2) is 0 Å². The van der Waals surface area contributed by atoms with Gasteiger partial charge < -0.3 is 21.3 Å². The van der Waals surface area contributed by atoms with Crippen LogP contribution in [-0.4, -0.2) is 36.6 Å². The molecule has 7 heteroatoms. The van der Waals surface area contributed by atoms with Crippen LogP contribution in [0.2, 0.25) is 0 Å². The fourth-order valence-corrected chi connectivity index (χ4v) is 3.74. The Kier molecular flexibility index (Phi) is 7.72. The maximum Gasteiger partial charge on any atom is 0.315 e. The van der Waals surface area contributed by atoms with Crippen molar-refractivity contribution >= 4 is 24.3 Å². The van der Waals surface area contributed by atoms with E-state index in [1.807, 2.05) is 30.3 Å². The molecule has 144 valence electrons. The Morgan fingerprint density at radius 2 is 1.81 bits per heavy atom. The van der Waals surface area contributed by atoms with E-state index in [9.17, 15) is 9.59 Å². The standard InChI is InChI=1S/C19H28N4O2.ClH/c24-17(21-14-16-9-6-12-20-16)19(10-4-5-11-19)23-18(25)22-13-15-7-2-1-3-8-15;/h1-3,7-8,16,20H,4-6,9-14H2,(H,21,24)(H2,22,23,25);1H. The fourth-order valence-electron chi connectivity index (χ4n) is 3.74. The van der Waals surface area contributed by atoms with Crippen molar-refractivity contribution in [3.63, 3.8) is 0 Å². The first kappa shape index (κ1) is 20.5.